The molecular weight excluding hydrogens is 354 g/mol. The number of hydrogen-bond donors (Lipinski definition) is 1. The van der Waals surface area contributed by atoms with E-state index in [0.717, 1.165) is 30.6 Å². The van der Waals surface area contributed by atoms with E-state index in [1.807, 2.05) is 38.1 Å². The molecule has 0 bridgehead atoms. The van der Waals surface area contributed by atoms with Crippen molar-refractivity contribution in [2.75, 3.05) is 18.5 Å². The minimum absolute atomic E-state index is 0.290. The summed E-state index contributed by atoms with van der Waals surface area (Å²) in [6, 6.07) is 14.3. The van der Waals surface area contributed by atoms with Gasteiger partial charge in [0.15, 0.2) is 0 Å². The minimum atomic E-state index is -0.387. The minimum Gasteiger partial charge on any atom is -0.493 e. The third-order valence-corrected chi connectivity index (χ3v) is 3.89. The summed E-state index contributed by atoms with van der Waals surface area (Å²) in [6.45, 7) is 5.10. The smallest absolute Gasteiger partial charge is 0.338 e. The van der Waals surface area contributed by atoms with Gasteiger partial charge in [0, 0.05) is 17.3 Å². The molecule has 0 aliphatic heterocycles. The van der Waals surface area contributed by atoms with E-state index >= 15 is 0 Å². The Morgan fingerprint density at radius 1 is 1.00 bits per heavy atom. The highest BCUT2D eigenvalue weighted by molar-refractivity contribution is 6.02. The standard InChI is InChI=1S/C23H27NO4/c1-3-5-16-28-23(26)19-10-8-11-20(17-19)24-22(25)14-13-18-9-6-7-12-21(18)27-15-4-2/h6-14,17H,3-5,15-16H2,1-2H3,(H,24,25). The maximum atomic E-state index is 12.2. The van der Waals surface area contributed by atoms with Crippen molar-refractivity contribution >= 4 is 23.6 Å². The second kappa shape index (κ2) is 11.6. The highest BCUT2D eigenvalue weighted by Gasteiger charge is 2.08. The summed E-state index contributed by atoms with van der Waals surface area (Å²) in [6.07, 6.45) is 5.86. The van der Waals surface area contributed by atoms with Crippen molar-refractivity contribution in [3.63, 3.8) is 0 Å². The van der Waals surface area contributed by atoms with Gasteiger partial charge in [0.1, 0.15) is 5.75 Å². The molecule has 2 rings (SSSR count). The van der Waals surface area contributed by atoms with Crippen molar-refractivity contribution in [2.24, 2.45) is 0 Å². The van der Waals surface area contributed by atoms with Crippen LogP contribution in [0.15, 0.2) is 54.6 Å². The van der Waals surface area contributed by atoms with E-state index in [2.05, 4.69) is 5.32 Å². The van der Waals surface area contributed by atoms with Crippen LogP contribution in [0.25, 0.3) is 6.08 Å². The Kier molecular flexibility index (Phi) is 8.79. The molecule has 0 spiro atoms. The number of benzene rings is 2. The fraction of sp³-hybridized carbons (Fsp3) is 0.304. The molecule has 28 heavy (non-hydrogen) atoms. The van der Waals surface area contributed by atoms with Crippen LogP contribution in [0.5, 0.6) is 5.75 Å². The molecule has 5 heteroatoms. The molecule has 1 N–H and O–H groups in total. The molecule has 2 aromatic carbocycles. The molecule has 1 amide bonds. The zero-order valence-electron chi connectivity index (χ0n) is 16.4. The van der Waals surface area contributed by atoms with E-state index in [9.17, 15) is 9.59 Å². The number of unbranched alkanes of at least 4 members (excludes halogenated alkanes) is 1. The summed E-state index contributed by atoms with van der Waals surface area (Å²) in [4.78, 5) is 24.3. The molecule has 0 radical (unpaired) electrons. The fourth-order valence-electron chi connectivity index (χ4n) is 2.43. The van der Waals surface area contributed by atoms with Gasteiger partial charge in [-0.2, -0.15) is 0 Å². The van der Waals surface area contributed by atoms with Crippen LogP contribution in [-0.4, -0.2) is 25.1 Å². The van der Waals surface area contributed by atoms with Crippen LogP contribution in [0.4, 0.5) is 5.69 Å². The molecule has 0 saturated heterocycles. The summed E-state index contributed by atoms with van der Waals surface area (Å²) in [5.41, 5.74) is 1.78. The van der Waals surface area contributed by atoms with Crippen LogP contribution in [0, 0.1) is 0 Å². The van der Waals surface area contributed by atoms with Gasteiger partial charge in [-0.1, -0.05) is 44.5 Å². The number of nitrogens with one attached hydrogen (secondary N) is 1. The Balaban J connectivity index is 1.99. The maximum absolute atomic E-state index is 12.2. The third-order valence-electron chi connectivity index (χ3n) is 3.89. The van der Waals surface area contributed by atoms with Gasteiger partial charge >= 0.3 is 5.97 Å². The van der Waals surface area contributed by atoms with E-state index in [0.29, 0.717) is 24.5 Å². The molecule has 148 valence electrons. The molecule has 0 heterocycles. The number of anilines is 1. The van der Waals surface area contributed by atoms with Crippen LogP contribution in [0.3, 0.4) is 0 Å². The van der Waals surface area contributed by atoms with Gasteiger partial charge in [-0.15, -0.1) is 0 Å². The van der Waals surface area contributed by atoms with Crippen molar-refractivity contribution in [2.45, 2.75) is 33.1 Å². The normalized spacial score (nSPS) is 10.6. The third kappa shape index (κ3) is 6.91. The monoisotopic (exact) mass is 381 g/mol. The summed E-state index contributed by atoms with van der Waals surface area (Å²) < 4.78 is 10.9. The zero-order valence-corrected chi connectivity index (χ0v) is 16.4. The van der Waals surface area contributed by atoms with Gasteiger partial charge in [-0.3, -0.25) is 4.79 Å². The summed E-state index contributed by atoms with van der Waals surface area (Å²) in [7, 11) is 0. The number of esters is 1. The SMILES string of the molecule is CCCCOC(=O)c1cccc(NC(=O)C=Cc2ccccc2OCCC)c1. The lowest BCUT2D eigenvalue weighted by Crippen LogP contribution is -2.10. The van der Waals surface area contributed by atoms with Crippen molar-refractivity contribution in [1.29, 1.82) is 0 Å². The molecular formula is C23H27NO4. The van der Waals surface area contributed by atoms with Crippen LogP contribution in [0.2, 0.25) is 0 Å². The topological polar surface area (TPSA) is 64.6 Å². The maximum Gasteiger partial charge on any atom is 0.338 e. The Labute approximate surface area is 166 Å². The molecule has 0 aromatic heterocycles. The lowest BCUT2D eigenvalue weighted by molar-refractivity contribution is -0.111. The number of carbonyl (C=O) groups excluding carboxylic acids is 2. The van der Waals surface area contributed by atoms with Crippen LogP contribution < -0.4 is 10.1 Å². The predicted octanol–water partition coefficient (Wildman–Crippen LogP) is 5.08. The van der Waals surface area contributed by atoms with Crippen LogP contribution in [-0.2, 0) is 9.53 Å². The van der Waals surface area contributed by atoms with E-state index in [4.69, 9.17) is 9.47 Å². The number of amides is 1. The molecule has 0 unspecified atom stereocenters. The Morgan fingerprint density at radius 3 is 2.61 bits per heavy atom. The average Bonchev–Trinajstić information content (AvgIpc) is 2.71. The van der Waals surface area contributed by atoms with Crippen molar-refractivity contribution in [3.8, 4) is 5.75 Å². The highest BCUT2D eigenvalue weighted by atomic mass is 16.5. The van der Waals surface area contributed by atoms with Crippen molar-refractivity contribution in [1.82, 2.24) is 0 Å². The molecule has 0 aliphatic rings. The first kappa shape index (κ1) is 21.2. The molecule has 0 fully saturated rings. The zero-order chi connectivity index (χ0) is 20.2. The van der Waals surface area contributed by atoms with Gasteiger partial charge in [0.05, 0.1) is 18.8 Å². The molecule has 0 aliphatic carbocycles. The summed E-state index contributed by atoms with van der Waals surface area (Å²) in [5, 5.41) is 2.76. The van der Waals surface area contributed by atoms with Crippen molar-refractivity contribution < 1.29 is 19.1 Å². The first-order valence-electron chi connectivity index (χ1n) is 9.62. The second-order valence-electron chi connectivity index (χ2n) is 6.28. The molecule has 0 saturated carbocycles. The van der Waals surface area contributed by atoms with Gasteiger partial charge in [0.25, 0.3) is 0 Å². The predicted molar refractivity (Wildman–Crippen MR) is 112 cm³/mol. The Morgan fingerprint density at radius 2 is 1.82 bits per heavy atom. The largest absolute Gasteiger partial charge is 0.493 e. The number of carbonyl (C=O) groups is 2. The number of rotatable bonds is 10. The Hall–Kier alpha value is -3.08. The first-order chi connectivity index (χ1) is 13.6. The lowest BCUT2D eigenvalue weighted by Gasteiger charge is -2.08. The van der Waals surface area contributed by atoms with Crippen molar-refractivity contribution in [3.05, 3.63) is 65.7 Å². The second-order valence-corrected chi connectivity index (χ2v) is 6.28. The highest BCUT2D eigenvalue weighted by Crippen LogP contribution is 2.20. The van der Waals surface area contributed by atoms with E-state index in [-0.39, 0.29) is 11.9 Å². The quantitative estimate of drug-likeness (QED) is 0.354. The van der Waals surface area contributed by atoms with Gasteiger partial charge < -0.3 is 14.8 Å². The summed E-state index contributed by atoms with van der Waals surface area (Å²) >= 11 is 0. The van der Waals surface area contributed by atoms with E-state index in [1.54, 1.807) is 30.3 Å². The van der Waals surface area contributed by atoms with E-state index in [1.165, 1.54) is 6.08 Å². The average molecular weight is 381 g/mol. The Bertz CT molecular complexity index is 814. The van der Waals surface area contributed by atoms with Gasteiger partial charge in [-0.05, 0) is 43.2 Å². The lowest BCUT2D eigenvalue weighted by atomic mass is 10.2. The number of hydrogen-bond acceptors (Lipinski definition) is 4. The van der Waals surface area contributed by atoms with Gasteiger partial charge in [-0.25, -0.2) is 4.79 Å². The van der Waals surface area contributed by atoms with Gasteiger partial charge in [0.2, 0.25) is 5.91 Å². The van der Waals surface area contributed by atoms with Crippen LogP contribution >= 0.6 is 0 Å². The first-order valence-corrected chi connectivity index (χ1v) is 9.62. The number of ether oxygens (including phenoxy) is 2. The molecule has 0 atom stereocenters. The molecule has 2 aromatic rings. The van der Waals surface area contributed by atoms with E-state index < -0.39 is 0 Å². The fourth-order valence-corrected chi connectivity index (χ4v) is 2.43. The molecule has 5 nitrogen and oxygen atoms in total. The van der Waals surface area contributed by atoms with Crippen LogP contribution in [0.1, 0.15) is 49.0 Å². The number of para-hydroxylation sites is 1. The summed E-state index contributed by atoms with van der Waals surface area (Å²) in [5.74, 6) is 0.0640.